The zero-order valence-electron chi connectivity index (χ0n) is 10.9. The van der Waals surface area contributed by atoms with E-state index >= 15 is 0 Å². The van der Waals surface area contributed by atoms with E-state index in [1.807, 2.05) is 36.7 Å². The number of hydrogen-bond acceptors (Lipinski definition) is 5. The van der Waals surface area contributed by atoms with Crippen molar-refractivity contribution in [3.05, 3.63) is 52.6 Å². The molecule has 0 aliphatic heterocycles. The van der Waals surface area contributed by atoms with Crippen LogP contribution < -0.4 is 4.90 Å². The first-order valence-electron chi connectivity index (χ1n) is 6.17. The number of anilines is 1. The summed E-state index contributed by atoms with van der Waals surface area (Å²) in [4.78, 5) is 10.7. The van der Waals surface area contributed by atoms with Gasteiger partial charge in [-0.15, -0.1) is 11.3 Å². The van der Waals surface area contributed by atoms with E-state index in [0.29, 0.717) is 12.1 Å². The van der Waals surface area contributed by atoms with Gasteiger partial charge in [0, 0.05) is 30.2 Å². The van der Waals surface area contributed by atoms with Gasteiger partial charge in [0.05, 0.1) is 23.3 Å². The van der Waals surface area contributed by atoms with Crippen LogP contribution in [0.3, 0.4) is 0 Å². The molecular weight excluding hydrogens is 268 g/mol. The van der Waals surface area contributed by atoms with Crippen LogP contribution in [0.5, 0.6) is 0 Å². The van der Waals surface area contributed by atoms with E-state index in [1.165, 1.54) is 0 Å². The maximum Gasteiger partial charge on any atom is 0.112 e. The summed E-state index contributed by atoms with van der Waals surface area (Å²) in [6.45, 7) is 0.681. The van der Waals surface area contributed by atoms with E-state index in [0.717, 1.165) is 21.6 Å². The SMILES string of the molecule is CN(Cc1nccs1)c1c(C#N)cnc2ccccc12. The van der Waals surface area contributed by atoms with Gasteiger partial charge in [-0.2, -0.15) is 5.26 Å². The molecule has 0 unspecified atom stereocenters. The minimum Gasteiger partial charge on any atom is -0.366 e. The Morgan fingerprint density at radius 3 is 2.90 bits per heavy atom. The summed E-state index contributed by atoms with van der Waals surface area (Å²) in [5.74, 6) is 0. The lowest BCUT2D eigenvalue weighted by molar-refractivity contribution is 0.912. The number of aromatic nitrogens is 2. The first-order valence-corrected chi connectivity index (χ1v) is 7.05. The van der Waals surface area contributed by atoms with E-state index in [1.54, 1.807) is 23.7 Å². The Balaban J connectivity index is 2.11. The van der Waals surface area contributed by atoms with Crippen molar-refractivity contribution in [2.75, 3.05) is 11.9 Å². The minimum atomic E-state index is 0.586. The highest BCUT2D eigenvalue weighted by Crippen LogP contribution is 2.29. The van der Waals surface area contributed by atoms with Gasteiger partial charge in [-0.3, -0.25) is 4.98 Å². The highest BCUT2D eigenvalue weighted by atomic mass is 32.1. The molecule has 0 saturated carbocycles. The normalized spacial score (nSPS) is 10.4. The predicted octanol–water partition coefficient (Wildman–Crippen LogP) is 3.20. The lowest BCUT2D eigenvalue weighted by Crippen LogP contribution is -2.18. The topological polar surface area (TPSA) is 52.8 Å². The van der Waals surface area contributed by atoms with Gasteiger partial charge in [-0.1, -0.05) is 18.2 Å². The largest absolute Gasteiger partial charge is 0.366 e. The fraction of sp³-hybridized carbons (Fsp3) is 0.133. The summed E-state index contributed by atoms with van der Waals surface area (Å²) in [6, 6.07) is 10.1. The van der Waals surface area contributed by atoms with Crippen molar-refractivity contribution in [3.8, 4) is 6.07 Å². The van der Waals surface area contributed by atoms with Gasteiger partial charge < -0.3 is 4.90 Å². The maximum atomic E-state index is 9.32. The molecule has 0 radical (unpaired) electrons. The van der Waals surface area contributed by atoms with Crippen LogP contribution in [0.25, 0.3) is 10.9 Å². The molecule has 0 atom stereocenters. The van der Waals surface area contributed by atoms with Crippen molar-refractivity contribution in [1.82, 2.24) is 9.97 Å². The third-order valence-electron chi connectivity index (χ3n) is 3.11. The average molecular weight is 280 g/mol. The molecule has 0 bridgehead atoms. The summed E-state index contributed by atoms with van der Waals surface area (Å²) in [6.07, 6.45) is 3.43. The van der Waals surface area contributed by atoms with Gasteiger partial charge in [-0.05, 0) is 6.07 Å². The van der Waals surface area contributed by atoms with Gasteiger partial charge in [0.2, 0.25) is 0 Å². The molecule has 3 aromatic rings. The molecule has 2 aromatic heterocycles. The molecule has 0 aliphatic rings. The lowest BCUT2D eigenvalue weighted by atomic mass is 10.1. The Hall–Kier alpha value is -2.45. The van der Waals surface area contributed by atoms with Crippen LogP contribution >= 0.6 is 11.3 Å². The van der Waals surface area contributed by atoms with E-state index in [2.05, 4.69) is 20.9 Å². The second kappa shape index (κ2) is 5.27. The number of hydrogen-bond donors (Lipinski definition) is 0. The van der Waals surface area contributed by atoms with Crippen LogP contribution in [-0.4, -0.2) is 17.0 Å². The van der Waals surface area contributed by atoms with Crippen LogP contribution in [0.15, 0.2) is 42.0 Å². The number of para-hydroxylation sites is 1. The number of pyridine rings is 1. The quantitative estimate of drug-likeness (QED) is 0.739. The standard InChI is InChI=1S/C15H12N4S/c1-19(10-14-17-6-7-20-14)15-11(8-16)9-18-13-5-3-2-4-12(13)15/h2-7,9H,10H2,1H3. The number of fused-ring (bicyclic) bond motifs is 1. The molecule has 4 nitrogen and oxygen atoms in total. The Kier molecular flexibility index (Phi) is 3.32. The van der Waals surface area contributed by atoms with E-state index < -0.39 is 0 Å². The zero-order chi connectivity index (χ0) is 13.9. The van der Waals surface area contributed by atoms with Crippen LogP contribution in [0.4, 0.5) is 5.69 Å². The van der Waals surface area contributed by atoms with Gasteiger partial charge in [0.15, 0.2) is 0 Å². The van der Waals surface area contributed by atoms with Crippen molar-refractivity contribution in [2.24, 2.45) is 0 Å². The molecule has 1 aromatic carbocycles. The van der Waals surface area contributed by atoms with Gasteiger partial charge >= 0.3 is 0 Å². The predicted molar refractivity (Wildman–Crippen MR) is 80.7 cm³/mol. The van der Waals surface area contributed by atoms with Crippen molar-refractivity contribution in [1.29, 1.82) is 5.26 Å². The molecule has 0 N–H and O–H groups in total. The number of thiazole rings is 1. The highest BCUT2D eigenvalue weighted by molar-refractivity contribution is 7.09. The van der Waals surface area contributed by atoms with E-state index in [-0.39, 0.29) is 0 Å². The molecule has 5 heteroatoms. The molecule has 2 heterocycles. The summed E-state index contributed by atoms with van der Waals surface area (Å²) < 4.78 is 0. The number of rotatable bonds is 3. The van der Waals surface area contributed by atoms with Crippen LogP contribution in [-0.2, 0) is 6.54 Å². The summed E-state index contributed by atoms with van der Waals surface area (Å²) in [7, 11) is 1.98. The third kappa shape index (κ3) is 2.22. The molecule has 0 aliphatic carbocycles. The smallest absolute Gasteiger partial charge is 0.112 e. The lowest BCUT2D eigenvalue weighted by Gasteiger charge is -2.21. The first kappa shape index (κ1) is 12.6. The van der Waals surface area contributed by atoms with Crippen LogP contribution in [0.2, 0.25) is 0 Å². The second-order valence-corrected chi connectivity index (χ2v) is 5.41. The minimum absolute atomic E-state index is 0.586. The Bertz CT molecular complexity index is 774. The Morgan fingerprint density at radius 2 is 2.15 bits per heavy atom. The van der Waals surface area contributed by atoms with Gasteiger partial charge in [0.25, 0.3) is 0 Å². The molecule has 3 rings (SSSR count). The van der Waals surface area contributed by atoms with Crippen LogP contribution in [0.1, 0.15) is 10.6 Å². The Labute approximate surface area is 120 Å². The van der Waals surface area contributed by atoms with Crippen molar-refractivity contribution in [2.45, 2.75) is 6.54 Å². The summed E-state index contributed by atoms with van der Waals surface area (Å²) >= 11 is 1.61. The zero-order valence-corrected chi connectivity index (χ0v) is 11.8. The fourth-order valence-corrected chi connectivity index (χ4v) is 2.90. The van der Waals surface area contributed by atoms with Crippen LogP contribution in [0, 0.1) is 11.3 Å². The van der Waals surface area contributed by atoms with Crippen molar-refractivity contribution >= 4 is 27.9 Å². The molecular formula is C15H12N4S. The summed E-state index contributed by atoms with van der Waals surface area (Å²) in [5.41, 5.74) is 2.39. The molecule has 0 saturated heterocycles. The maximum absolute atomic E-state index is 9.32. The van der Waals surface area contributed by atoms with Gasteiger partial charge in [-0.25, -0.2) is 4.98 Å². The molecule has 0 fully saturated rings. The number of benzene rings is 1. The molecule has 20 heavy (non-hydrogen) atoms. The first-order chi connectivity index (χ1) is 9.79. The fourth-order valence-electron chi connectivity index (χ4n) is 2.23. The Morgan fingerprint density at radius 1 is 1.30 bits per heavy atom. The third-order valence-corrected chi connectivity index (χ3v) is 3.87. The van der Waals surface area contributed by atoms with Crippen molar-refractivity contribution < 1.29 is 0 Å². The van der Waals surface area contributed by atoms with Crippen molar-refractivity contribution in [3.63, 3.8) is 0 Å². The molecule has 0 amide bonds. The second-order valence-electron chi connectivity index (χ2n) is 4.43. The van der Waals surface area contributed by atoms with E-state index in [4.69, 9.17) is 0 Å². The number of nitriles is 1. The highest BCUT2D eigenvalue weighted by Gasteiger charge is 2.13. The monoisotopic (exact) mass is 280 g/mol. The van der Waals surface area contributed by atoms with E-state index in [9.17, 15) is 5.26 Å². The molecule has 98 valence electrons. The van der Waals surface area contributed by atoms with Gasteiger partial charge in [0.1, 0.15) is 11.1 Å². The average Bonchev–Trinajstić information content (AvgIpc) is 2.98. The number of nitrogens with zero attached hydrogens (tertiary/aromatic N) is 4. The summed E-state index contributed by atoms with van der Waals surface area (Å²) in [5, 5.41) is 13.3. The molecule has 0 spiro atoms.